The lowest BCUT2D eigenvalue weighted by Gasteiger charge is -2.33. The van der Waals surface area contributed by atoms with Crippen molar-refractivity contribution < 1.29 is 4.79 Å². The van der Waals surface area contributed by atoms with Crippen molar-refractivity contribution in [3.05, 3.63) is 0 Å². The van der Waals surface area contributed by atoms with Crippen LogP contribution in [0.3, 0.4) is 0 Å². The van der Waals surface area contributed by atoms with Crippen molar-refractivity contribution in [2.24, 2.45) is 5.41 Å². The number of hydrogen-bond acceptors (Lipinski definition) is 1. The van der Waals surface area contributed by atoms with Crippen molar-refractivity contribution in [3.63, 3.8) is 0 Å². The maximum Gasteiger partial charge on any atom is 0.315 e. The van der Waals surface area contributed by atoms with Crippen LogP contribution in [-0.2, 0) is 0 Å². The predicted octanol–water partition coefficient (Wildman–Crippen LogP) is 2.52. The van der Waals surface area contributed by atoms with E-state index < -0.39 is 0 Å². The molecule has 0 saturated carbocycles. The highest BCUT2D eigenvalue weighted by Gasteiger charge is 2.26. The quantitative estimate of drug-likeness (QED) is 0.722. The summed E-state index contributed by atoms with van der Waals surface area (Å²) < 4.78 is 0. The van der Waals surface area contributed by atoms with Crippen molar-refractivity contribution in [1.29, 1.82) is 0 Å². The Balaban J connectivity index is 4.13. The first-order valence-corrected chi connectivity index (χ1v) is 5.22. The van der Waals surface area contributed by atoms with E-state index in [-0.39, 0.29) is 17.0 Å². The maximum absolute atomic E-state index is 11.3. The highest BCUT2D eigenvalue weighted by molar-refractivity contribution is 5.74. The Morgan fingerprint density at radius 3 is 2.00 bits per heavy atom. The monoisotopic (exact) mass is 200 g/mol. The lowest BCUT2D eigenvalue weighted by Crippen LogP contribution is -2.49. The first-order chi connectivity index (χ1) is 6.16. The minimum atomic E-state index is -0.155. The molecule has 0 rings (SSSR count). The average Bonchev–Trinajstić information content (AvgIpc) is 1.78. The molecule has 0 unspecified atom stereocenters. The molecule has 0 aliphatic heterocycles. The van der Waals surface area contributed by atoms with Crippen molar-refractivity contribution in [2.45, 2.75) is 53.5 Å². The molecule has 84 valence electrons. The molecule has 2 amide bonds. The van der Waals surface area contributed by atoms with E-state index in [1.165, 1.54) is 0 Å². The second kappa shape index (κ2) is 4.67. The zero-order valence-electron chi connectivity index (χ0n) is 10.3. The molecule has 0 aromatic heterocycles. The number of hydrogen-bond donors (Lipinski definition) is 2. The Kier molecular flexibility index (Phi) is 4.43. The molecule has 3 nitrogen and oxygen atoms in total. The summed E-state index contributed by atoms with van der Waals surface area (Å²) in [4.78, 5) is 11.3. The number of carbonyl (C=O) groups is 1. The summed E-state index contributed by atoms with van der Waals surface area (Å²) in [6.07, 6.45) is 0.955. The molecule has 0 bridgehead atoms. The Labute approximate surface area is 87.6 Å². The zero-order valence-corrected chi connectivity index (χ0v) is 10.3. The van der Waals surface area contributed by atoms with Crippen LogP contribution in [0.1, 0.15) is 48.0 Å². The van der Waals surface area contributed by atoms with Crippen molar-refractivity contribution in [3.8, 4) is 0 Å². The third kappa shape index (κ3) is 6.75. The second-order valence-corrected chi connectivity index (χ2v) is 5.61. The lowest BCUT2D eigenvalue weighted by molar-refractivity contribution is 0.211. The van der Waals surface area contributed by atoms with Crippen molar-refractivity contribution in [2.75, 3.05) is 6.54 Å². The molecule has 0 aromatic rings. The first kappa shape index (κ1) is 13.3. The minimum Gasteiger partial charge on any atom is -0.338 e. The van der Waals surface area contributed by atoms with Crippen LogP contribution in [0.2, 0.25) is 0 Å². The van der Waals surface area contributed by atoms with Gasteiger partial charge in [-0.3, -0.25) is 0 Å². The fraction of sp³-hybridized carbons (Fsp3) is 0.909. The molecule has 0 spiro atoms. The highest BCUT2D eigenvalue weighted by atomic mass is 16.2. The van der Waals surface area contributed by atoms with Gasteiger partial charge in [0, 0.05) is 12.1 Å². The van der Waals surface area contributed by atoms with Crippen molar-refractivity contribution in [1.82, 2.24) is 10.6 Å². The molecule has 0 saturated heterocycles. The van der Waals surface area contributed by atoms with Gasteiger partial charge >= 0.3 is 6.03 Å². The summed E-state index contributed by atoms with van der Waals surface area (Å²) in [5.74, 6) is 0. The largest absolute Gasteiger partial charge is 0.338 e. The van der Waals surface area contributed by atoms with Crippen LogP contribution >= 0.6 is 0 Å². The van der Waals surface area contributed by atoms with E-state index >= 15 is 0 Å². The summed E-state index contributed by atoms with van der Waals surface area (Å²) in [6, 6.07) is -0.0817. The number of amides is 2. The Hall–Kier alpha value is -0.730. The van der Waals surface area contributed by atoms with Gasteiger partial charge in [-0.15, -0.1) is 0 Å². The summed E-state index contributed by atoms with van der Waals surface area (Å²) in [6.45, 7) is 13.2. The SMILES string of the molecule is CCNC(=O)NC(C)(C)CC(C)(C)C. The summed E-state index contributed by atoms with van der Waals surface area (Å²) in [5, 5.41) is 5.70. The van der Waals surface area contributed by atoms with E-state index in [1.54, 1.807) is 0 Å². The molecule has 0 aliphatic rings. The third-order valence-electron chi connectivity index (χ3n) is 1.76. The topological polar surface area (TPSA) is 41.1 Å². The molecular weight excluding hydrogens is 176 g/mol. The minimum absolute atomic E-state index is 0.0817. The average molecular weight is 200 g/mol. The predicted molar refractivity (Wildman–Crippen MR) is 60.4 cm³/mol. The third-order valence-corrected chi connectivity index (χ3v) is 1.76. The van der Waals surface area contributed by atoms with E-state index in [4.69, 9.17) is 0 Å². The number of carbonyl (C=O) groups excluding carboxylic acids is 1. The van der Waals surface area contributed by atoms with Crippen LogP contribution in [0, 0.1) is 5.41 Å². The summed E-state index contributed by atoms with van der Waals surface area (Å²) >= 11 is 0. The van der Waals surface area contributed by atoms with Gasteiger partial charge in [-0.05, 0) is 32.6 Å². The van der Waals surface area contributed by atoms with E-state index in [0.29, 0.717) is 6.54 Å². The van der Waals surface area contributed by atoms with Crippen LogP contribution in [0.25, 0.3) is 0 Å². The van der Waals surface area contributed by atoms with Crippen molar-refractivity contribution >= 4 is 6.03 Å². The van der Waals surface area contributed by atoms with Gasteiger partial charge < -0.3 is 10.6 Å². The molecule has 2 N–H and O–H groups in total. The summed E-state index contributed by atoms with van der Waals surface area (Å²) in [5.41, 5.74) is 0.0699. The van der Waals surface area contributed by atoms with Crippen LogP contribution < -0.4 is 10.6 Å². The molecule has 3 heteroatoms. The van der Waals surface area contributed by atoms with Crippen LogP contribution in [-0.4, -0.2) is 18.1 Å². The van der Waals surface area contributed by atoms with Gasteiger partial charge in [0.25, 0.3) is 0 Å². The standard InChI is InChI=1S/C11H24N2O/c1-7-12-9(14)13-11(5,6)8-10(2,3)4/h7-8H2,1-6H3,(H2,12,13,14). The van der Waals surface area contributed by atoms with Gasteiger partial charge in [0.1, 0.15) is 0 Å². The summed E-state index contributed by atoms with van der Waals surface area (Å²) in [7, 11) is 0. The van der Waals surface area contributed by atoms with Crippen LogP contribution in [0.5, 0.6) is 0 Å². The van der Waals surface area contributed by atoms with Crippen LogP contribution in [0.4, 0.5) is 4.79 Å². The van der Waals surface area contributed by atoms with Gasteiger partial charge in [0.15, 0.2) is 0 Å². The molecule has 0 atom stereocenters. The molecule has 0 radical (unpaired) electrons. The van der Waals surface area contributed by atoms with Gasteiger partial charge in [0.2, 0.25) is 0 Å². The van der Waals surface area contributed by atoms with E-state index in [2.05, 4.69) is 31.4 Å². The molecule has 0 aromatic carbocycles. The van der Waals surface area contributed by atoms with Gasteiger partial charge in [0.05, 0.1) is 0 Å². The maximum atomic E-state index is 11.3. The number of rotatable bonds is 3. The van der Waals surface area contributed by atoms with E-state index in [1.807, 2.05) is 20.8 Å². The Morgan fingerprint density at radius 1 is 1.14 bits per heavy atom. The Morgan fingerprint density at radius 2 is 1.64 bits per heavy atom. The highest BCUT2D eigenvalue weighted by Crippen LogP contribution is 2.26. The fourth-order valence-electron chi connectivity index (χ4n) is 1.88. The zero-order chi connectivity index (χ0) is 11.4. The smallest absolute Gasteiger partial charge is 0.315 e. The van der Waals surface area contributed by atoms with E-state index in [9.17, 15) is 4.79 Å². The molecule has 14 heavy (non-hydrogen) atoms. The van der Waals surface area contributed by atoms with Gasteiger partial charge in [-0.2, -0.15) is 0 Å². The first-order valence-electron chi connectivity index (χ1n) is 5.22. The lowest BCUT2D eigenvalue weighted by atomic mass is 9.82. The molecule has 0 heterocycles. The van der Waals surface area contributed by atoms with Gasteiger partial charge in [-0.1, -0.05) is 20.8 Å². The van der Waals surface area contributed by atoms with Crippen LogP contribution in [0.15, 0.2) is 0 Å². The fourth-order valence-corrected chi connectivity index (χ4v) is 1.88. The molecule has 0 fully saturated rings. The van der Waals surface area contributed by atoms with E-state index in [0.717, 1.165) is 6.42 Å². The number of nitrogens with one attached hydrogen (secondary N) is 2. The number of urea groups is 1. The van der Waals surface area contributed by atoms with Gasteiger partial charge in [-0.25, -0.2) is 4.79 Å². The molecular formula is C11H24N2O. The molecule has 0 aliphatic carbocycles. The Bertz CT molecular complexity index is 192. The normalized spacial score (nSPS) is 12.4. The second-order valence-electron chi connectivity index (χ2n) is 5.61.